The maximum absolute atomic E-state index is 5.94. The van der Waals surface area contributed by atoms with E-state index in [1.54, 1.807) is 0 Å². The Balaban J connectivity index is 1.80. The van der Waals surface area contributed by atoms with E-state index >= 15 is 0 Å². The van der Waals surface area contributed by atoms with Gasteiger partial charge in [0.1, 0.15) is 5.84 Å². The molecule has 0 aliphatic heterocycles. The number of oxime groups is 1. The highest BCUT2D eigenvalue weighted by molar-refractivity contribution is 7.09. The molecule has 1 aromatic rings. The molecule has 1 fully saturated rings. The van der Waals surface area contributed by atoms with Gasteiger partial charge in [0.25, 0.3) is 0 Å². The first-order chi connectivity index (χ1) is 9.16. The average molecular weight is 283 g/mol. The number of nitrogens with zero attached hydrogens (tertiary/aromatic N) is 4. The average Bonchev–Trinajstić information content (AvgIpc) is 2.89. The molecule has 19 heavy (non-hydrogen) atoms. The molecule has 1 aliphatic carbocycles. The van der Waals surface area contributed by atoms with Crippen LogP contribution in [0.4, 0.5) is 5.13 Å². The normalized spacial score (nSPS) is 17.5. The molecule has 0 unspecified atom stereocenters. The predicted molar refractivity (Wildman–Crippen MR) is 77.2 cm³/mol. The standard InChI is InChI=1S/C12H21N5OS/c1-17(2)12-14-10(16-19-12)8-18-15-11(13)9-6-4-3-5-7-9/h9H,3-8H2,1-2H3,(H2,13,15). The fourth-order valence-corrected chi connectivity index (χ4v) is 2.71. The van der Waals surface area contributed by atoms with E-state index in [9.17, 15) is 0 Å². The van der Waals surface area contributed by atoms with E-state index in [-0.39, 0.29) is 6.61 Å². The SMILES string of the molecule is CN(C)c1nc(CON=C(N)C2CCCCC2)ns1. The van der Waals surface area contributed by atoms with Gasteiger partial charge in [0.05, 0.1) is 0 Å². The van der Waals surface area contributed by atoms with Crippen molar-refractivity contribution in [2.75, 3.05) is 19.0 Å². The Hall–Kier alpha value is -1.37. The van der Waals surface area contributed by atoms with Crippen molar-refractivity contribution in [2.24, 2.45) is 16.8 Å². The lowest BCUT2D eigenvalue weighted by Crippen LogP contribution is -2.26. The fourth-order valence-electron chi connectivity index (χ4n) is 2.12. The Bertz CT molecular complexity index is 426. The fraction of sp³-hybridized carbons (Fsp3) is 0.750. The van der Waals surface area contributed by atoms with Crippen LogP contribution < -0.4 is 10.6 Å². The smallest absolute Gasteiger partial charge is 0.204 e. The molecule has 0 bridgehead atoms. The molecule has 0 radical (unpaired) electrons. The quantitative estimate of drug-likeness (QED) is 0.508. The first kappa shape index (κ1) is 14.0. The van der Waals surface area contributed by atoms with Crippen LogP contribution in [0.1, 0.15) is 37.9 Å². The first-order valence-electron chi connectivity index (χ1n) is 6.62. The summed E-state index contributed by atoms with van der Waals surface area (Å²) in [5.74, 6) is 1.64. The van der Waals surface area contributed by atoms with Crippen molar-refractivity contribution in [3.8, 4) is 0 Å². The monoisotopic (exact) mass is 283 g/mol. The van der Waals surface area contributed by atoms with Gasteiger partial charge in [-0.05, 0) is 12.8 Å². The second-order valence-electron chi connectivity index (χ2n) is 5.01. The van der Waals surface area contributed by atoms with E-state index in [1.807, 2.05) is 19.0 Å². The number of rotatable bonds is 5. The largest absolute Gasteiger partial charge is 0.386 e. The minimum Gasteiger partial charge on any atom is -0.386 e. The van der Waals surface area contributed by atoms with Crippen LogP contribution >= 0.6 is 11.5 Å². The molecule has 1 saturated carbocycles. The number of anilines is 1. The summed E-state index contributed by atoms with van der Waals surface area (Å²) in [5.41, 5.74) is 5.94. The summed E-state index contributed by atoms with van der Waals surface area (Å²) < 4.78 is 4.20. The molecule has 0 saturated heterocycles. The highest BCUT2D eigenvalue weighted by Gasteiger charge is 2.17. The molecule has 6 nitrogen and oxygen atoms in total. The van der Waals surface area contributed by atoms with Crippen LogP contribution in [0.15, 0.2) is 5.16 Å². The van der Waals surface area contributed by atoms with Gasteiger partial charge >= 0.3 is 0 Å². The molecular formula is C12H21N5OS. The van der Waals surface area contributed by atoms with Crippen LogP contribution in [-0.2, 0) is 11.4 Å². The van der Waals surface area contributed by atoms with E-state index < -0.39 is 0 Å². The van der Waals surface area contributed by atoms with E-state index in [4.69, 9.17) is 10.6 Å². The molecule has 0 atom stereocenters. The Kier molecular flexibility index (Phi) is 4.95. The molecule has 1 aliphatic rings. The number of aromatic nitrogens is 2. The molecule has 2 N–H and O–H groups in total. The lowest BCUT2D eigenvalue weighted by atomic mass is 9.89. The van der Waals surface area contributed by atoms with Gasteiger partial charge in [0.15, 0.2) is 12.4 Å². The Labute approximate surface area is 117 Å². The van der Waals surface area contributed by atoms with Gasteiger partial charge in [-0.1, -0.05) is 24.4 Å². The Morgan fingerprint density at radius 1 is 1.42 bits per heavy atom. The van der Waals surface area contributed by atoms with Gasteiger partial charge in [-0.2, -0.15) is 9.36 Å². The lowest BCUT2D eigenvalue weighted by molar-refractivity contribution is 0.123. The van der Waals surface area contributed by atoms with Crippen LogP contribution in [0.2, 0.25) is 0 Å². The minimum absolute atomic E-state index is 0.276. The molecule has 7 heteroatoms. The van der Waals surface area contributed by atoms with Crippen LogP contribution in [0.25, 0.3) is 0 Å². The van der Waals surface area contributed by atoms with Crippen LogP contribution in [0, 0.1) is 5.92 Å². The summed E-state index contributed by atoms with van der Waals surface area (Å²) in [6.07, 6.45) is 6.03. The van der Waals surface area contributed by atoms with Gasteiger partial charge in [0, 0.05) is 31.5 Å². The third kappa shape index (κ3) is 4.05. The van der Waals surface area contributed by atoms with Crippen molar-refractivity contribution in [3.63, 3.8) is 0 Å². The van der Waals surface area contributed by atoms with Crippen LogP contribution in [0.3, 0.4) is 0 Å². The number of amidine groups is 1. The summed E-state index contributed by atoms with van der Waals surface area (Å²) in [5, 5.41) is 4.87. The Morgan fingerprint density at radius 2 is 2.16 bits per heavy atom. The summed E-state index contributed by atoms with van der Waals surface area (Å²) in [7, 11) is 3.87. The summed E-state index contributed by atoms with van der Waals surface area (Å²) in [6, 6.07) is 0. The molecule has 0 spiro atoms. The van der Waals surface area contributed by atoms with Crippen molar-refractivity contribution < 1.29 is 4.84 Å². The molecule has 106 valence electrons. The summed E-state index contributed by atoms with van der Waals surface area (Å²) >= 11 is 1.35. The van der Waals surface area contributed by atoms with Crippen molar-refractivity contribution in [2.45, 2.75) is 38.7 Å². The van der Waals surface area contributed by atoms with E-state index in [0.717, 1.165) is 18.0 Å². The third-order valence-electron chi connectivity index (χ3n) is 3.23. The topological polar surface area (TPSA) is 76.6 Å². The van der Waals surface area contributed by atoms with Gasteiger partial charge in [-0.3, -0.25) is 0 Å². The molecule has 1 heterocycles. The summed E-state index contributed by atoms with van der Waals surface area (Å²) in [6.45, 7) is 0.276. The van der Waals surface area contributed by atoms with E-state index in [1.165, 1.54) is 30.8 Å². The minimum atomic E-state index is 0.276. The molecule has 0 aromatic carbocycles. The van der Waals surface area contributed by atoms with Gasteiger partial charge in [0.2, 0.25) is 5.13 Å². The number of nitrogens with two attached hydrogens (primary N) is 1. The Morgan fingerprint density at radius 3 is 2.79 bits per heavy atom. The predicted octanol–water partition coefficient (Wildman–Crippen LogP) is 1.97. The zero-order valence-electron chi connectivity index (χ0n) is 11.5. The molecule has 0 amide bonds. The van der Waals surface area contributed by atoms with Crippen LogP contribution in [-0.4, -0.2) is 29.3 Å². The van der Waals surface area contributed by atoms with Gasteiger partial charge < -0.3 is 15.5 Å². The van der Waals surface area contributed by atoms with Crippen molar-refractivity contribution >= 4 is 22.5 Å². The van der Waals surface area contributed by atoms with Crippen LogP contribution in [0.5, 0.6) is 0 Å². The zero-order chi connectivity index (χ0) is 13.7. The van der Waals surface area contributed by atoms with Crippen molar-refractivity contribution in [1.29, 1.82) is 0 Å². The molecular weight excluding hydrogens is 262 g/mol. The maximum atomic E-state index is 5.94. The second kappa shape index (κ2) is 6.70. The van der Waals surface area contributed by atoms with Crippen molar-refractivity contribution in [3.05, 3.63) is 5.82 Å². The maximum Gasteiger partial charge on any atom is 0.204 e. The highest BCUT2D eigenvalue weighted by Crippen LogP contribution is 2.23. The zero-order valence-corrected chi connectivity index (χ0v) is 12.3. The summed E-state index contributed by atoms with van der Waals surface area (Å²) in [4.78, 5) is 11.5. The first-order valence-corrected chi connectivity index (χ1v) is 7.39. The number of hydrogen-bond acceptors (Lipinski definition) is 6. The highest BCUT2D eigenvalue weighted by atomic mass is 32.1. The van der Waals surface area contributed by atoms with E-state index in [2.05, 4.69) is 14.5 Å². The van der Waals surface area contributed by atoms with Gasteiger partial charge in [-0.15, -0.1) is 0 Å². The van der Waals surface area contributed by atoms with E-state index in [0.29, 0.717) is 17.6 Å². The van der Waals surface area contributed by atoms with Gasteiger partial charge in [-0.25, -0.2) is 0 Å². The molecule has 1 aromatic heterocycles. The second-order valence-corrected chi connectivity index (χ2v) is 5.74. The lowest BCUT2D eigenvalue weighted by Gasteiger charge is -2.20. The molecule has 2 rings (SSSR count). The number of hydrogen-bond donors (Lipinski definition) is 1. The third-order valence-corrected chi connectivity index (χ3v) is 4.15. The van der Waals surface area contributed by atoms with Crippen molar-refractivity contribution in [1.82, 2.24) is 9.36 Å².